The molecule has 55 heavy (non-hydrogen) atoms. The van der Waals surface area contributed by atoms with Crippen LogP contribution in [0.25, 0.3) is 0 Å². The molecule has 8 atom stereocenters. The largest absolute Gasteiger partial charge is 0.503 e. The molecule has 0 radical (unpaired) electrons. The smallest absolute Gasteiger partial charge is 0.352 e. The number of carbonyl (C=O) groups excluding carboxylic acids is 5. The average Bonchev–Trinajstić information content (AvgIpc) is 3.62. The summed E-state index contributed by atoms with van der Waals surface area (Å²) in [5.74, 6) is -9.01. The number of carbonyl (C=O) groups is 7. The van der Waals surface area contributed by atoms with Crippen molar-refractivity contribution in [3.05, 3.63) is 46.6 Å². The molecule has 1 fully saturated rings. The molecule has 19 heteroatoms. The van der Waals surface area contributed by atoms with Crippen molar-refractivity contribution in [2.75, 3.05) is 13.6 Å². The Morgan fingerprint density at radius 2 is 1.80 bits per heavy atom. The minimum Gasteiger partial charge on any atom is -0.503 e. The number of aliphatic hydroxyl groups excluding tert-OH is 1. The second-order valence-corrected chi connectivity index (χ2v) is 14.2. The molecule has 0 aliphatic carbocycles. The molecule has 0 spiro atoms. The van der Waals surface area contributed by atoms with E-state index < -0.39 is 101 Å². The number of fused-ring (bicyclic) bond motifs is 2. The van der Waals surface area contributed by atoms with Crippen molar-refractivity contribution in [1.82, 2.24) is 31.5 Å². The lowest BCUT2D eigenvalue weighted by Crippen LogP contribution is -2.66. The van der Waals surface area contributed by atoms with Crippen molar-refractivity contribution in [3.8, 4) is 11.5 Å². The molecule has 9 N–H and O–H groups in total. The van der Waals surface area contributed by atoms with Crippen LogP contribution in [0.1, 0.15) is 72.0 Å². The van der Waals surface area contributed by atoms with Crippen LogP contribution in [-0.2, 0) is 33.6 Å². The first-order valence-electron chi connectivity index (χ1n) is 17.6. The number of hydrogen-bond acceptors (Lipinski definition) is 11. The Kier molecular flexibility index (Phi) is 14.8. The molecule has 1 aromatic carbocycles. The van der Waals surface area contributed by atoms with Gasteiger partial charge in [-0.05, 0) is 69.3 Å². The molecule has 0 saturated carbocycles. The zero-order valence-electron chi connectivity index (χ0n) is 31.4. The predicted octanol–water partition coefficient (Wildman–Crippen LogP) is 0.465. The zero-order chi connectivity index (χ0) is 41.5. The van der Waals surface area contributed by atoms with Crippen LogP contribution in [0, 0.1) is 5.92 Å². The fraction of sp³-hybridized carbons (Fsp3) is 0.528. The van der Waals surface area contributed by atoms with E-state index in [1.165, 1.54) is 37.9 Å². The van der Waals surface area contributed by atoms with Gasteiger partial charge in [0.25, 0.3) is 0 Å². The minimum absolute atomic E-state index is 0.00744. The Morgan fingerprint density at radius 1 is 1.15 bits per heavy atom. The molecule has 1 aromatic rings. The third kappa shape index (κ3) is 10.1. The van der Waals surface area contributed by atoms with Crippen LogP contribution in [0.3, 0.4) is 0 Å². The summed E-state index contributed by atoms with van der Waals surface area (Å²) >= 11 is 6.34. The molecular weight excluding hydrogens is 744 g/mol. The van der Waals surface area contributed by atoms with Gasteiger partial charge in [0, 0.05) is 6.54 Å². The van der Waals surface area contributed by atoms with E-state index in [0.29, 0.717) is 18.9 Å². The number of phenols is 1. The Hall–Kier alpha value is -5.20. The van der Waals surface area contributed by atoms with Crippen molar-refractivity contribution in [1.29, 1.82) is 0 Å². The van der Waals surface area contributed by atoms with E-state index >= 15 is 0 Å². The molecule has 3 rings (SSSR count). The molecule has 18 nitrogen and oxygen atoms in total. The first-order chi connectivity index (χ1) is 25.7. The highest BCUT2D eigenvalue weighted by molar-refractivity contribution is 6.32. The molecule has 2 aliphatic rings. The van der Waals surface area contributed by atoms with Gasteiger partial charge in [0.2, 0.25) is 29.5 Å². The van der Waals surface area contributed by atoms with Crippen molar-refractivity contribution in [2.24, 2.45) is 5.92 Å². The monoisotopic (exact) mass is 792 g/mol. The van der Waals surface area contributed by atoms with Crippen LogP contribution in [0.5, 0.6) is 11.5 Å². The number of amides is 5. The summed E-state index contributed by atoms with van der Waals surface area (Å²) in [6.07, 6.45) is -0.463. The Morgan fingerprint density at radius 3 is 2.35 bits per heavy atom. The van der Waals surface area contributed by atoms with Gasteiger partial charge in [0.05, 0.1) is 11.1 Å². The van der Waals surface area contributed by atoms with Gasteiger partial charge < -0.3 is 56.6 Å². The van der Waals surface area contributed by atoms with E-state index in [0.717, 1.165) is 0 Å². The number of halogens is 1. The topological polar surface area (TPSA) is 273 Å². The first-order valence-corrected chi connectivity index (χ1v) is 18.0. The quantitative estimate of drug-likeness (QED) is 0.103. The van der Waals surface area contributed by atoms with Gasteiger partial charge in [0.15, 0.2) is 11.5 Å². The van der Waals surface area contributed by atoms with Crippen LogP contribution in [-0.4, -0.2) is 116 Å². The summed E-state index contributed by atoms with van der Waals surface area (Å²) in [5.41, 5.74) is -2.38. The van der Waals surface area contributed by atoms with Crippen LogP contribution in [0.15, 0.2) is 36.1 Å². The predicted molar refractivity (Wildman–Crippen MR) is 197 cm³/mol. The zero-order valence-corrected chi connectivity index (χ0v) is 32.2. The van der Waals surface area contributed by atoms with Crippen molar-refractivity contribution in [2.45, 2.75) is 102 Å². The standard InChI is InChI=1S/C36H49ClN6O12/c1-8-17(5)25(32(50)39-20(35(53)54)15-23(44)45)41-30(48)21-11-10-12-43(21)34(52)29-36(6,9-2)55-22-14-18(13-19(37)28(22)47)27(46)26(38-7)33(51)40-24(16(3)4)31(49)42-29/h13-15,17,21,24-27,29,38,46-47H,3,8-12H2,1-2,4-7H3,(H,39,50)(H,40,51)(H,41,48)(H,42,49)(H,44,45)(H,53,54)/b20-15+/t17?,21-,24-,25?,26-,27-,29+,36+/m0/s1. The van der Waals surface area contributed by atoms with E-state index in [1.807, 2.05) is 5.32 Å². The summed E-state index contributed by atoms with van der Waals surface area (Å²) in [4.78, 5) is 93.3. The number of hydrogen-bond donors (Lipinski definition) is 9. The number of aliphatic carboxylic acids is 2. The van der Waals surface area contributed by atoms with Crippen molar-refractivity contribution in [3.63, 3.8) is 0 Å². The Balaban J connectivity index is 2.09. The van der Waals surface area contributed by atoms with E-state index in [4.69, 9.17) is 21.4 Å². The second-order valence-electron chi connectivity index (χ2n) is 13.8. The highest BCUT2D eigenvalue weighted by atomic mass is 35.5. The van der Waals surface area contributed by atoms with Gasteiger partial charge >= 0.3 is 11.9 Å². The van der Waals surface area contributed by atoms with Gasteiger partial charge in [-0.3, -0.25) is 24.0 Å². The lowest BCUT2D eigenvalue weighted by molar-refractivity contribution is -0.147. The van der Waals surface area contributed by atoms with E-state index in [2.05, 4.69) is 27.8 Å². The molecule has 1 saturated heterocycles. The molecule has 2 unspecified atom stereocenters. The Labute approximate surface area is 322 Å². The molecule has 5 amide bonds. The number of aromatic hydroxyl groups is 1. The van der Waals surface area contributed by atoms with Gasteiger partial charge in [0.1, 0.15) is 47.6 Å². The van der Waals surface area contributed by atoms with Gasteiger partial charge in [-0.25, -0.2) is 9.59 Å². The highest BCUT2D eigenvalue weighted by Crippen LogP contribution is 2.41. The average molecular weight is 793 g/mol. The third-order valence-corrected chi connectivity index (χ3v) is 10.2. The molecule has 2 heterocycles. The lowest BCUT2D eigenvalue weighted by atomic mass is 9.90. The third-order valence-electron chi connectivity index (χ3n) is 9.92. The lowest BCUT2D eigenvalue weighted by Gasteiger charge is -2.40. The number of aliphatic hydroxyl groups is 1. The number of carboxylic acids is 2. The Bertz CT molecular complexity index is 1750. The normalized spacial score (nSPS) is 25.7. The van der Waals surface area contributed by atoms with Crippen LogP contribution < -0.4 is 31.3 Å². The van der Waals surface area contributed by atoms with Gasteiger partial charge in [-0.2, -0.15) is 0 Å². The number of carboxylic acid groups (broad SMARTS) is 2. The maximum Gasteiger partial charge on any atom is 0.352 e. The summed E-state index contributed by atoms with van der Waals surface area (Å²) in [7, 11) is 1.41. The maximum atomic E-state index is 14.7. The fourth-order valence-electron chi connectivity index (χ4n) is 6.30. The molecule has 2 aliphatic heterocycles. The number of ether oxygens (including phenoxy) is 1. The number of rotatable bonds is 12. The number of likely N-dealkylation sites (tertiary alicyclic amines) is 1. The van der Waals surface area contributed by atoms with Crippen LogP contribution in [0.4, 0.5) is 0 Å². The fourth-order valence-corrected chi connectivity index (χ4v) is 6.52. The second kappa shape index (κ2) is 18.4. The number of benzene rings is 1. The molecular formula is C36H49ClN6O12. The molecule has 0 aromatic heterocycles. The number of phenolic OH excluding ortho intramolecular Hbond substituents is 1. The van der Waals surface area contributed by atoms with Gasteiger partial charge in [-0.1, -0.05) is 45.4 Å². The molecule has 302 valence electrons. The van der Waals surface area contributed by atoms with E-state index in [9.17, 15) is 48.9 Å². The SMILES string of the molecule is C=C(C)[C@@H]1NC(=O)[C@@H](NC)[C@@H](O)c2cc(Cl)c(O)c(c2)O[C@](C)(CC)[C@@H](C(=O)N2CCC[C@H]2C(=O)NC(C(=O)N/C(=C/C(=O)O)C(=O)O)C(C)CC)NC1=O. The van der Waals surface area contributed by atoms with Crippen LogP contribution >= 0.6 is 11.6 Å². The summed E-state index contributed by atoms with van der Waals surface area (Å²) < 4.78 is 6.32. The number of nitrogens with zero attached hydrogens (tertiary/aromatic N) is 1. The summed E-state index contributed by atoms with van der Waals surface area (Å²) in [6.45, 7) is 11.8. The number of nitrogens with one attached hydrogen (secondary N) is 5. The van der Waals surface area contributed by atoms with E-state index in [1.54, 1.807) is 20.8 Å². The molecule has 2 bridgehead atoms. The summed E-state index contributed by atoms with van der Waals surface area (Å²) in [5, 5.41) is 53.0. The number of likely N-dealkylation sites (N-methyl/N-ethyl adjacent to an activating group) is 1. The maximum absolute atomic E-state index is 14.7. The first kappa shape index (κ1) is 44.2. The van der Waals surface area contributed by atoms with Crippen molar-refractivity contribution >= 4 is 53.1 Å². The highest BCUT2D eigenvalue weighted by Gasteiger charge is 2.48. The summed E-state index contributed by atoms with van der Waals surface area (Å²) in [6, 6.07) is -4.39. The minimum atomic E-state index is -1.72. The van der Waals surface area contributed by atoms with Gasteiger partial charge in [-0.15, -0.1) is 0 Å². The van der Waals surface area contributed by atoms with Crippen molar-refractivity contribution < 1.29 is 58.7 Å². The van der Waals surface area contributed by atoms with E-state index in [-0.39, 0.29) is 41.3 Å². The van der Waals surface area contributed by atoms with Crippen LogP contribution in [0.2, 0.25) is 5.02 Å².